The summed E-state index contributed by atoms with van der Waals surface area (Å²) in [7, 11) is 0. The van der Waals surface area contributed by atoms with Crippen molar-refractivity contribution < 1.29 is 14.4 Å². The van der Waals surface area contributed by atoms with Crippen LogP contribution in [0.5, 0.6) is 0 Å². The van der Waals surface area contributed by atoms with Crippen LogP contribution in [0.2, 0.25) is 5.02 Å². The first-order chi connectivity index (χ1) is 15.9. The highest BCUT2D eigenvalue weighted by atomic mass is 35.5. The number of fused-ring (bicyclic) bond motifs is 5. The van der Waals surface area contributed by atoms with Crippen molar-refractivity contribution in [1.29, 1.82) is 0 Å². The number of hydrogen-bond donors (Lipinski definition) is 1. The number of nitrogens with one attached hydrogen (secondary N) is 1. The average Bonchev–Trinajstić information content (AvgIpc) is 3.27. The van der Waals surface area contributed by atoms with Gasteiger partial charge in [-0.05, 0) is 49.2 Å². The van der Waals surface area contributed by atoms with E-state index in [1.54, 1.807) is 24.3 Å². The molecular weight excluding hydrogens is 438 g/mol. The summed E-state index contributed by atoms with van der Waals surface area (Å²) in [6, 6.07) is 13.6. The smallest absolute Gasteiger partial charge is 0.247 e. The molecule has 0 spiro atoms. The van der Waals surface area contributed by atoms with Gasteiger partial charge in [-0.1, -0.05) is 49.2 Å². The number of nitrogens with zero attached hydrogens (tertiary/aromatic N) is 2. The zero-order valence-corrected chi connectivity index (χ0v) is 19.4. The van der Waals surface area contributed by atoms with Gasteiger partial charge in [0, 0.05) is 28.5 Å². The van der Waals surface area contributed by atoms with Crippen molar-refractivity contribution in [1.82, 2.24) is 4.90 Å². The number of anilines is 2. The van der Waals surface area contributed by atoms with Gasteiger partial charge in [0.25, 0.3) is 0 Å². The van der Waals surface area contributed by atoms with Crippen LogP contribution in [0.25, 0.3) is 5.57 Å². The molecule has 3 aliphatic rings. The number of allylic oxidation sites excluding steroid dienone is 1. The van der Waals surface area contributed by atoms with Gasteiger partial charge in [0.2, 0.25) is 17.7 Å². The van der Waals surface area contributed by atoms with Gasteiger partial charge >= 0.3 is 0 Å². The number of benzene rings is 2. The Morgan fingerprint density at radius 1 is 1.03 bits per heavy atom. The van der Waals surface area contributed by atoms with Gasteiger partial charge in [-0.15, -0.1) is 0 Å². The second kappa shape index (κ2) is 8.34. The molecule has 0 bridgehead atoms. The van der Waals surface area contributed by atoms with Crippen LogP contribution in [0.4, 0.5) is 11.4 Å². The summed E-state index contributed by atoms with van der Waals surface area (Å²) in [5.74, 6) is -2.00. The molecule has 3 aliphatic heterocycles. The molecule has 0 aliphatic carbocycles. The SMILES string of the molecule is CCCCN1C(=O)[C@@H]2[C@H](C1=O)[C@H](C(=O)Nc1ccc(Cl)cc1)N1c3ccccc3C(C)=C[C@@H]21. The molecule has 1 N–H and O–H groups in total. The van der Waals surface area contributed by atoms with Crippen LogP contribution in [-0.2, 0) is 14.4 Å². The Morgan fingerprint density at radius 3 is 2.45 bits per heavy atom. The van der Waals surface area contributed by atoms with E-state index in [1.165, 1.54) is 4.90 Å². The Hall–Kier alpha value is -3.12. The Morgan fingerprint density at radius 2 is 1.73 bits per heavy atom. The zero-order valence-electron chi connectivity index (χ0n) is 18.6. The van der Waals surface area contributed by atoms with Gasteiger partial charge < -0.3 is 10.2 Å². The molecule has 0 aromatic heterocycles. The van der Waals surface area contributed by atoms with Gasteiger partial charge in [0.15, 0.2) is 0 Å². The van der Waals surface area contributed by atoms with E-state index in [9.17, 15) is 14.4 Å². The van der Waals surface area contributed by atoms with E-state index in [4.69, 9.17) is 11.6 Å². The molecule has 7 heteroatoms. The fourth-order valence-electron chi connectivity index (χ4n) is 5.45. The van der Waals surface area contributed by atoms with Crippen LogP contribution in [-0.4, -0.2) is 41.2 Å². The lowest BCUT2D eigenvalue weighted by molar-refractivity contribution is -0.141. The van der Waals surface area contributed by atoms with E-state index in [0.29, 0.717) is 17.3 Å². The van der Waals surface area contributed by atoms with Crippen molar-refractivity contribution >= 4 is 46.3 Å². The molecule has 2 aromatic carbocycles. The van der Waals surface area contributed by atoms with Crippen LogP contribution in [0, 0.1) is 11.8 Å². The quantitative estimate of drug-likeness (QED) is 0.669. The fourth-order valence-corrected chi connectivity index (χ4v) is 5.57. The van der Waals surface area contributed by atoms with Crippen molar-refractivity contribution in [3.05, 3.63) is 65.2 Å². The molecule has 4 atom stereocenters. The van der Waals surface area contributed by atoms with E-state index < -0.39 is 17.9 Å². The van der Waals surface area contributed by atoms with Crippen LogP contribution >= 0.6 is 11.6 Å². The van der Waals surface area contributed by atoms with Crippen LogP contribution in [0.3, 0.4) is 0 Å². The summed E-state index contributed by atoms with van der Waals surface area (Å²) in [6.45, 7) is 4.45. The third kappa shape index (κ3) is 3.44. The third-order valence-electron chi connectivity index (χ3n) is 6.96. The Balaban J connectivity index is 1.57. The second-order valence-corrected chi connectivity index (χ2v) is 9.38. The van der Waals surface area contributed by atoms with Gasteiger partial charge in [-0.25, -0.2) is 0 Å². The average molecular weight is 464 g/mol. The summed E-state index contributed by atoms with van der Waals surface area (Å²) in [6.07, 6.45) is 3.68. The minimum Gasteiger partial charge on any atom is -0.351 e. The lowest BCUT2D eigenvalue weighted by atomic mass is 9.87. The van der Waals surface area contributed by atoms with Crippen LogP contribution < -0.4 is 10.2 Å². The van der Waals surface area contributed by atoms with Gasteiger partial charge in [-0.2, -0.15) is 0 Å². The first kappa shape index (κ1) is 21.7. The molecule has 2 fully saturated rings. The Labute approximate surface area is 198 Å². The number of carbonyl (C=O) groups excluding carboxylic acids is 3. The monoisotopic (exact) mass is 463 g/mol. The van der Waals surface area contributed by atoms with Crippen LogP contribution in [0.1, 0.15) is 32.3 Å². The van der Waals surface area contributed by atoms with Gasteiger partial charge in [0.05, 0.1) is 17.9 Å². The lowest BCUT2D eigenvalue weighted by Gasteiger charge is -2.37. The molecule has 3 heterocycles. The predicted octanol–water partition coefficient (Wildman–Crippen LogP) is 4.35. The first-order valence-electron chi connectivity index (χ1n) is 11.4. The molecule has 0 saturated carbocycles. The van der Waals surface area contributed by atoms with E-state index in [-0.39, 0.29) is 23.8 Å². The number of para-hydroxylation sites is 1. The normalized spacial score (nSPS) is 25.5. The zero-order chi connectivity index (χ0) is 23.3. The number of imide groups is 1. The van der Waals surface area contributed by atoms with E-state index >= 15 is 0 Å². The molecule has 3 amide bonds. The molecule has 6 nitrogen and oxygen atoms in total. The summed E-state index contributed by atoms with van der Waals surface area (Å²) >= 11 is 5.99. The first-order valence-corrected chi connectivity index (χ1v) is 11.8. The number of likely N-dealkylation sites (tertiary alicyclic amines) is 1. The number of amides is 3. The lowest BCUT2D eigenvalue weighted by Crippen LogP contribution is -2.50. The highest BCUT2D eigenvalue weighted by Gasteiger charge is 2.64. The standard InChI is InChI=1S/C26H26ClN3O3/c1-3-4-13-29-25(32)21-20-14-15(2)18-7-5-6-8-19(18)30(20)23(22(21)26(29)33)24(31)28-17-11-9-16(27)10-12-17/h5-12,14,20-23H,3-4,13H2,1-2H3,(H,28,31)/t20-,21-,22-,23+/m0/s1. The van der Waals surface area contributed by atoms with Crippen LogP contribution in [0.15, 0.2) is 54.6 Å². The van der Waals surface area contributed by atoms with E-state index in [2.05, 4.69) is 5.32 Å². The van der Waals surface area contributed by atoms with Crippen molar-refractivity contribution in [2.75, 3.05) is 16.8 Å². The van der Waals surface area contributed by atoms with Crippen molar-refractivity contribution in [3.63, 3.8) is 0 Å². The molecular formula is C26H26ClN3O3. The molecule has 5 rings (SSSR count). The Bertz CT molecular complexity index is 1160. The second-order valence-electron chi connectivity index (χ2n) is 8.94. The maximum atomic E-state index is 13.7. The number of unbranched alkanes of at least 4 members (excludes halogenated alkanes) is 1. The minimum atomic E-state index is -0.788. The third-order valence-corrected chi connectivity index (χ3v) is 7.21. The molecule has 2 saturated heterocycles. The summed E-state index contributed by atoms with van der Waals surface area (Å²) in [5.41, 5.74) is 3.55. The topological polar surface area (TPSA) is 69.7 Å². The molecule has 0 radical (unpaired) electrons. The Kier molecular flexibility index (Phi) is 5.49. The summed E-state index contributed by atoms with van der Waals surface area (Å²) in [5, 5.41) is 3.52. The number of carbonyl (C=O) groups is 3. The number of rotatable bonds is 5. The van der Waals surface area contributed by atoms with E-state index in [1.807, 2.05) is 49.1 Å². The highest BCUT2D eigenvalue weighted by Crippen LogP contribution is 2.50. The number of halogens is 1. The fraction of sp³-hybridized carbons (Fsp3) is 0.346. The van der Waals surface area contributed by atoms with E-state index in [0.717, 1.165) is 29.7 Å². The maximum Gasteiger partial charge on any atom is 0.247 e. The van der Waals surface area contributed by atoms with Gasteiger partial charge in [-0.3, -0.25) is 19.3 Å². The molecule has 2 aromatic rings. The predicted molar refractivity (Wildman–Crippen MR) is 129 cm³/mol. The summed E-state index contributed by atoms with van der Waals surface area (Å²) < 4.78 is 0. The van der Waals surface area contributed by atoms with Crippen molar-refractivity contribution in [2.24, 2.45) is 11.8 Å². The molecule has 0 unspecified atom stereocenters. The summed E-state index contributed by atoms with van der Waals surface area (Å²) in [4.78, 5) is 44.0. The largest absolute Gasteiger partial charge is 0.351 e. The van der Waals surface area contributed by atoms with Gasteiger partial charge in [0.1, 0.15) is 6.04 Å². The van der Waals surface area contributed by atoms with Crippen molar-refractivity contribution in [2.45, 2.75) is 38.8 Å². The molecule has 170 valence electrons. The maximum absolute atomic E-state index is 13.7. The highest BCUT2D eigenvalue weighted by molar-refractivity contribution is 6.30. The number of hydrogen-bond acceptors (Lipinski definition) is 4. The van der Waals surface area contributed by atoms with Crippen molar-refractivity contribution in [3.8, 4) is 0 Å². The minimum absolute atomic E-state index is 0.168. The molecule has 33 heavy (non-hydrogen) atoms.